The number of hydrogen-bond acceptors (Lipinski definition) is 3. The van der Waals surface area contributed by atoms with Crippen molar-refractivity contribution in [2.24, 2.45) is 0 Å². The molecule has 4 nitrogen and oxygen atoms in total. The van der Waals surface area contributed by atoms with Crippen molar-refractivity contribution >= 4 is 5.91 Å². The second-order valence-electron chi connectivity index (χ2n) is 6.31. The lowest BCUT2D eigenvalue weighted by Gasteiger charge is -2.37. The highest BCUT2D eigenvalue weighted by atomic mass is 16.3. The predicted molar refractivity (Wildman–Crippen MR) is 81.0 cm³/mol. The van der Waals surface area contributed by atoms with Crippen molar-refractivity contribution in [2.45, 2.75) is 18.2 Å². The molecule has 0 spiro atoms. The van der Waals surface area contributed by atoms with Gasteiger partial charge in [-0.15, -0.1) is 0 Å². The summed E-state index contributed by atoms with van der Waals surface area (Å²) in [7, 11) is 0. The number of nitrogens with zero attached hydrogens (tertiary/aromatic N) is 2. The van der Waals surface area contributed by atoms with Gasteiger partial charge in [-0.2, -0.15) is 0 Å². The number of amides is 1. The van der Waals surface area contributed by atoms with Crippen LogP contribution in [-0.2, 0) is 12.1 Å². The van der Waals surface area contributed by atoms with Gasteiger partial charge < -0.3 is 5.11 Å². The van der Waals surface area contributed by atoms with Crippen LogP contribution in [0.1, 0.15) is 33.1 Å². The van der Waals surface area contributed by atoms with Gasteiger partial charge in [0.15, 0.2) is 5.72 Å². The van der Waals surface area contributed by atoms with Crippen molar-refractivity contribution in [3.05, 3.63) is 70.8 Å². The molecule has 2 unspecified atom stereocenters. The molecule has 2 atom stereocenters. The van der Waals surface area contributed by atoms with Crippen molar-refractivity contribution in [3.8, 4) is 0 Å². The first-order valence-electron chi connectivity index (χ1n) is 7.67. The Bertz CT molecular complexity index is 803. The summed E-state index contributed by atoms with van der Waals surface area (Å²) in [5.41, 5.74) is 2.54. The smallest absolute Gasteiger partial charge is 0.257 e. The molecule has 0 bridgehead atoms. The fourth-order valence-corrected chi connectivity index (χ4v) is 4.33. The van der Waals surface area contributed by atoms with Crippen LogP contribution in [0.4, 0.5) is 0 Å². The van der Waals surface area contributed by atoms with E-state index in [4.69, 9.17) is 0 Å². The van der Waals surface area contributed by atoms with Crippen molar-refractivity contribution in [3.63, 3.8) is 0 Å². The molecule has 3 aliphatic rings. The van der Waals surface area contributed by atoms with Crippen molar-refractivity contribution < 1.29 is 9.90 Å². The molecule has 3 aliphatic heterocycles. The summed E-state index contributed by atoms with van der Waals surface area (Å²) in [6, 6.07) is 15.5. The van der Waals surface area contributed by atoms with E-state index in [-0.39, 0.29) is 11.9 Å². The average molecular weight is 292 g/mol. The third kappa shape index (κ3) is 1.28. The van der Waals surface area contributed by atoms with Crippen molar-refractivity contribution in [1.29, 1.82) is 0 Å². The molecule has 0 radical (unpaired) electrons. The van der Waals surface area contributed by atoms with Gasteiger partial charge in [-0.25, -0.2) is 0 Å². The summed E-state index contributed by atoms with van der Waals surface area (Å²) >= 11 is 0. The van der Waals surface area contributed by atoms with Gasteiger partial charge >= 0.3 is 0 Å². The molecule has 1 amide bonds. The minimum atomic E-state index is -1.25. The van der Waals surface area contributed by atoms with Gasteiger partial charge in [-0.05, 0) is 23.6 Å². The topological polar surface area (TPSA) is 43.8 Å². The Morgan fingerprint density at radius 3 is 2.77 bits per heavy atom. The summed E-state index contributed by atoms with van der Waals surface area (Å²) in [5, 5.41) is 11.6. The zero-order valence-electron chi connectivity index (χ0n) is 12.1. The molecule has 3 heterocycles. The Hall–Kier alpha value is -2.17. The number of rotatable bonds is 0. The van der Waals surface area contributed by atoms with Gasteiger partial charge in [0.2, 0.25) is 0 Å². The Morgan fingerprint density at radius 2 is 1.86 bits per heavy atom. The first-order valence-corrected chi connectivity index (χ1v) is 7.67. The van der Waals surface area contributed by atoms with E-state index in [1.165, 1.54) is 5.56 Å². The lowest BCUT2D eigenvalue weighted by Crippen LogP contribution is -2.43. The molecule has 0 saturated carbocycles. The molecule has 0 aromatic heterocycles. The molecular formula is C18H16N2O2. The molecule has 110 valence electrons. The van der Waals surface area contributed by atoms with E-state index >= 15 is 0 Å². The first-order chi connectivity index (χ1) is 10.7. The monoisotopic (exact) mass is 292 g/mol. The Balaban J connectivity index is 1.77. The second kappa shape index (κ2) is 3.97. The van der Waals surface area contributed by atoms with Gasteiger partial charge in [-0.1, -0.05) is 42.5 Å². The quantitative estimate of drug-likeness (QED) is 0.806. The molecular weight excluding hydrogens is 276 g/mol. The number of aliphatic hydroxyl groups is 1. The van der Waals surface area contributed by atoms with Gasteiger partial charge in [0.1, 0.15) is 0 Å². The van der Waals surface area contributed by atoms with Gasteiger partial charge in [0.05, 0.1) is 12.7 Å². The van der Waals surface area contributed by atoms with Crippen LogP contribution in [0, 0.1) is 0 Å². The van der Waals surface area contributed by atoms with E-state index in [1.54, 1.807) is 4.90 Å². The SMILES string of the molecule is O=C1c2ccccc2C2(O)C3c4ccccc4CCN3CN12. The number of benzene rings is 2. The predicted octanol–water partition coefficient (Wildman–Crippen LogP) is 1.86. The zero-order chi connectivity index (χ0) is 14.9. The summed E-state index contributed by atoms with van der Waals surface area (Å²) in [6.45, 7) is 1.36. The highest BCUT2D eigenvalue weighted by Gasteiger charge is 2.61. The maximum atomic E-state index is 12.7. The molecule has 22 heavy (non-hydrogen) atoms. The maximum Gasteiger partial charge on any atom is 0.257 e. The number of hydrogen-bond donors (Lipinski definition) is 1. The van der Waals surface area contributed by atoms with Crippen LogP contribution in [0.3, 0.4) is 0 Å². The van der Waals surface area contributed by atoms with E-state index in [9.17, 15) is 9.90 Å². The highest BCUT2D eigenvalue weighted by molar-refractivity contribution is 6.00. The normalized spacial score (nSPS) is 29.0. The van der Waals surface area contributed by atoms with Crippen LogP contribution >= 0.6 is 0 Å². The average Bonchev–Trinajstić information content (AvgIpc) is 2.98. The van der Waals surface area contributed by atoms with Crippen LogP contribution in [0.25, 0.3) is 0 Å². The number of carbonyl (C=O) groups is 1. The lowest BCUT2D eigenvalue weighted by atomic mass is 9.84. The van der Waals surface area contributed by atoms with E-state index in [2.05, 4.69) is 17.0 Å². The summed E-state index contributed by atoms with van der Waals surface area (Å²) in [4.78, 5) is 16.5. The number of fused-ring (bicyclic) bond motifs is 7. The highest BCUT2D eigenvalue weighted by Crippen LogP contribution is 2.54. The summed E-state index contributed by atoms with van der Waals surface area (Å²) in [6.07, 6.45) is 0.965. The van der Waals surface area contributed by atoms with Crippen LogP contribution in [-0.4, -0.2) is 34.0 Å². The van der Waals surface area contributed by atoms with E-state index in [1.807, 2.05) is 36.4 Å². The van der Waals surface area contributed by atoms with Crippen LogP contribution in [0.2, 0.25) is 0 Å². The molecule has 2 aromatic rings. The molecule has 2 aromatic carbocycles. The maximum absolute atomic E-state index is 12.7. The second-order valence-corrected chi connectivity index (χ2v) is 6.31. The van der Waals surface area contributed by atoms with Crippen LogP contribution in [0.5, 0.6) is 0 Å². The Kier molecular flexibility index (Phi) is 2.23. The van der Waals surface area contributed by atoms with Gasteiger partial charge in [0.25, 0.3) is 5.91 Å². The molecule has 1 saturated heterocycles. The molecule has 4 heteroatoms. The summed E-state index contributed by atoms with van der Waals surface area (Å²) < 4.78 is 0. The lowest BCUT2D eigenvalue weighted by molar-refractivity contribution is -0.0778. The van der Waals surface area contributed by atoms with Crippen LogP contribution in [0.15, 0.2) is 48.5 Å². The van der Waals surface area contributed by atoms with Crippen LogP contribution < -0.4 is 0 Å². The summed E-state index contributed by atoms with van der Waals surface area (Å²) in [5.74, 6) is -0.0648. The molecule has 1 fully saturated rings. The van der Waals surface area contributed by atoms with Gasteiger partial charge in [0, 0.05) is 17.7 Å². The van der Waals surface area contributed by atoms with Crippen molar-refractivity contribution in [2.75, 3.05) is 13.2 Å². The minimum absolute atomic E-state index is 0.0648. The van der Waals surface area contributed by atoms with Crippen molar-refractivity contribution in [1.82, 2.24) is 9.80 Å². The van der Waals surface area contributed by atoms with E-state index in [0.29, 0.717) is 12.2 Å². The molecule has 0 aliphatic carbocycles. The zero-order valence-corrected chi connectivity index (χ0v) is 12.1. The Morgan fingerprint density at radius 1 is 1.09 bits per heavy atom. The number of carbonyl (C=O) groups excluding carboxylic acids is 1. The fraction of sp³-hybridized carbons (Fsp3) is 0.278. The van der Waals surface area contributed by atoms with E-state index in [0.717, 1.165) is 24.1 Å². The molecule has 1 N–H and O–H groups in total. The Labute approximate surface area is 128 Å². The standard InChI is InChI=1S/C18H16N2O2/c21-17-14-7-3-4-8-15(14)18(22)16-13-6-2-1-5-12(13)9-10-19(16)11-20(17)18/h1-8,16,22H,9-11H2. The van der Waals surface area contributed by atoms with Gasteiger partial charge in [-0.3, -0.25) is 14.6 Å². The first kappa shape index (κ1) is 12.4. The third-order valence-corrected chi connectivity index (χ3v) is 5.30. The van der Waals surface area contributed by atoms with E-state index < -0.39 is 5.72 Å². The molecule has 5 rings (SSSR count). The minimum Gasteiger partial charge on any atom is -0.365 e. The third-order valence-electron chi connectivity index (χ3n) is 5.30. The fourth-order valence-electron chi connectivity index (χ4n) is 4.33. The largest absolute Gasteiger partial charge is 0.365 e.